The topological polar surface area (TPSA) is 21.3 Å². The number of aryl methyl sites for hydroxylation is 1. The number of hydrogen-bond donors (Lipinski definition) is 1. The van der Waals surface area contributed by atoms with E-state index in [0.29, 0.717) is 6.04 Å². The van der Waals surface area contributed by atoms with E-state index in [-0.39, 0.29) is 0 Å². The maximum atomic E-state index is 5.50. The molecule has 0 aromatic heterocycles. The van der Waals surface area contributed by atoms with Gasteiger partial charge in [0.15, 0.2) is 0 Å². The number of benzene rings is 2. The zero-order chi connectivity index (χ0) is 14.1. The van der Waals surface area contributed by atoms with Gasteiger partial charge in [-0.1, -0.05) is 30.3 Å². The van der Waals surface area contributed by atoms with Gasteiger partial charge >= 0.3 is 0 Å². The van der Waals surface area contributed by atoms with Crippen LogP contribution in [0.4, 0.5) is 5.69 Å². The Bertz CT molecular complexity index is 608. The van der Waals surface area contributed by atoms with Gasteiger partial charge < -0.3 is 10.1 Å². The predicted molar refractivity (Wildman–Crippen MR) is 83.7 cm³/mol. The summed E-state index contributed by atoms with van der Waals surface area (Å²) in [6, 6.07) is 13.5. The fraction of sp³-hybridized carbons (Fsp3) is 0.333. The second-order valence-corrected chi connectivity index (χ2v) is 5.61. The van der Waals surface area contributed by atoms with Gasteiger partial charge in [-0.15, -0.1) is 0 Å². The van der Waals surface area contributed by atoms with E-state index in [4.69, 9.17) is 4.74 Å². The van der Waals surface area contributed by atoms with Gasteiger partial charge in [0.2, 0.25) is 0 Å². The summed E-state index contributed by atoms with van der Waals surface area (Å²) in [4.78, 5) is 0. The smallest absolute Gasteiger partial charge is 0.126 e. The second kappa shape index (κ2) is 5.20. The summed E-state index contributed by atoms with van der Waals surface area (Å²) in [5, 5.41) is 3.68. The molecule has 0 saturated heterocycles. The first kappa shape index (κ1) is 13.0. The highest BCUT2D eigenvalue weighted by molar-refractivity contribution is 5.60. The maximum absolute atomic E-state index is 5.50. The summed E-state index contributed by atoms with van der Waals surface area (Å²) in [5.74, 6) is 0.991. The van der Waals surface area contributed by atoms with Gasteiger partial charge in [-0.2, -0.15) is 0 Å². The zero-order valence-electron chi connectivity index (χ0n) is 12.4. The Morgan fingerprint density at radius 2 is 1.65 bits per heavy atom. The van der Waals surface area contributed by atoms with E-state index >= 15 is 0 Å². The van der Waals surface area contributed by atoms with Gasteiger partial charge in [0.1, 0.15) is 5.75 Å². The van der Waals surface area contributed by atoms with E-state index in [9.17, 15) is 0 Å². The van der Waals surface area contributed by atoms with Crippen LogP contribution in [-0.2, 0) is 12.8 Å². The lowest BCUT2D eigenvalue weighted by Gasteiger charge is -2.18. The lowest BCUT2D eigenvalue weighted by atomic mass is 10.1. The minimum Gasteiger partial charge on any atom is -0.496 e. The minimum atomic E-state index is 0.485. The van der Waals surface area contributed by atoms with Crippen molar-refractivity contribution in [3.05, 3.63) is 58.7 Å². The summed E-state index contributed by atoms with van der Waals surface area (Å²) in [6.45, 7) is 4.21. The van der Waals surface area contributed by atoms with E-state index in [1.165, 1.54) is 27.9 Å². The highest BCUT2D eigenvalue weighted by Gasteiger charge is 2.21. The first-order valence-electron chi connectivity index (χ1n) is 7.16. The van der Waals surface area contributed by atoms with Crippen LogP contribution in [0, 0.1) is 13.8 Å². The standard InChI is InChI=1S/C18H21NO/c1-12-8-9-17(13(2)18(12)20-3)19-16-10-14-6-4-5-7-15(14)11-16/h4-9,16,19H,10-11H2,1-3H3. The molecule has 0 radical (unpaired) electrons. The Balaban J connectivity index is 1.81. The molecule has 1 aliphatic carbocycles. The molecule has 0 saturated carbocycles. The average Bonchev–Trinajstić information content (AvgIpc) is 2.85. The summed E-state index contributed by atoms with van der Waals surface area (Å²) in [5.41, 5.74) is 6.52. The molecule has 0 heterocycles. The molecule has 1 N–H and O–H groups in total. The molecular weight excluding hydrogens is 246 g/mol. The van der Waals surface area contributed by atoms with Crippen LogP contribution in [0.25, 0.3) is 0 Å². The average molecular weight is 267 g/mol. The number of methoxy groups -OCH3 is 1. The number of fused-ring (bicyclic) bond motifs is 1. The Morgan fingerprint density at radius 3 is 2.25 bits per heavy atom. The van der Waals surface area contributed by atoms with Crippen molar-refractivity contribution in [2.45, 2.75) is 32.7 Å². The molecule has 3 rings (SSSR count). The van der Waals surface area contributed by atoms with E-state index in [0.717, 1.165) is 18.6 Å². The third-order valence-corrected chi connectivity index (χ3v) is 4.22. The normalized spacial score (nSPS) is 14.2. The van der Waals surface area contributed by atoms with Crippen molar-refractivity contribution < 1.29 is 4.74 Å². The molecule has 0 amide bonds. The number of ether oxygens (including phenoxy) is 1. The Hall–Kier alpha value is -1.96. The van der Waals surface area contributed by atoms with Crippen molar-refractivity contribution >= 4 is 5.69 Å². The van der Waals surface area contributed by atoms with Crippen LogP contribution >= 0.6 is 0 Å². The molecule has 0 fully saturated rings. The van der Waals surface area contributed by atoms with Gasteiger partial charge in [0, 0.05) is 17.3 Å². The SMILES string of the molecule is COc1c(C)ccc(NC2Cc3ccccc3C2)c1C. The molecule has 2 heteroatoms. The summed E-state index contributed by atoms with van der Waals surface area (Å²) >= 11 is 0. The molecule has 104 valence electrons. The van der Waals surface area contributed by atoms with Crippen molar-refractivity contribution in [3.63, 3.8) is 0 Å². The molecule has 2 aromatic rings. The molecule has 0 atom stereocenters. The fourth-order valence-corrected chi connectivity index (χ4v) is 3.18. The largest absolute Gasteiger partial charge is 0.496 e. The number of hydrogen-bond acceptors (Lipinski definition) is 2. The van der Waals surface area contributed by atoms with E-state index < -0.39 is 0 Å². The lowest BCUT2D eigenvalue weighted by Crippen LogP contribution is -2.20. The van der Waals surface area contributed by atoms with Gasteiger partial charge in [0.25, 0.3) is 0 Å². The third kappa shape index (κ3) is 2.26. The van der Waals surface area contributed by atoms with E-state index in [2.05, 4.69) is 55.6 Å². The van der Waals surface area contributed by atoms with Crippen LogP contribution in [0.3, 0.4) is 0 Å². The molecule has 0 bridgehead atoms. The fourth-order valence-electron chi connectivity index (χ4n) is 3.18. The third-order valence-electron chi connectivity index (χ3n) is 4.22. The molecule has 0 spiro atoms. The number of rotatable bonds is 3. The van der Waals surface area contributed by atoms with Crippen molar-refractivity contribution in [2.75, 3.05) is 12.4 Å². The van der Waals surface area contributed by atoms with Crippen molar-refractivity contribution in [1.29, 1.82) is 0 Å². The zero-order valence-corrected chi connectivity index (χ0v) is 12.4. The highest BCUT2D eigenvalue weighted by atomic mass is 16.5. The van der Waals surface area contributed by atoms with Crippen LogP contribution in [0.2, 0.25) is 0 Å². The first-order chi connectivity index (χ1) is 9.69. The second-order valence-electron chi connectivity index (χ2n) is 5.61. The van der Waals surface area contributed by atoms with Crippen LogP contribution in [0.5, 0.6) is 5.75 Å². The molecule has 0 unspecified atom stereocenters. The Labute approximate surface area is 120 Å². The van der Waals surface area contributed by atoms with Gasteiger partial charge in [-0.3, -0.25) is 0 Å². The predicted octanol–water partition coefficient (Wildman–Crippen LogP) is 3.89. The Kier molecular flexibility index (Phi) is 3.39. The monoisotopic (exact) mass is 267 g/mol. The van der Waals surface area contributed by atoms with Crippen LogP contribution in [0.15, 0.2) is 36.4 Å². The highest BCUT2D eigenvalue weighted by Crippen LogP contribution is 2.31. The quantitative estimate of drug-likeness (QED) is 0.911. The summed E-state index contributed by atoms with van der Waals surface area (Å²) < 4.78 is 5.50. The van der Waals surface area contributed by atoms with Crippen LogP contribution < -0.4 is 10.1 Å². The molecule has 20 heavy (non-hydrogen) atoms. The summed E-state index contributed by atoms with van der Waals surface area (Å²) in [7, 11) is 1.74. The molecular formula is C18H21NO. The molecule has 2 nitrogen and oxygen atoms in total. The van der Waals surface area contributed by atoms with Gasteiger partial charge in [-0.25, -0.2) is 0 Å². The van der Waals surface area contributed by atoms with E-state index in [1.807, 2.05) is 0 Å². The molecule has 0 aliphatic heterocycles. The van der Waals surface area contributed by atoms with Crippen molar-refractivity contribution in [2.24, 2.45) is 0 Å². The number of anilines is 1. The van der Waals surface area contributed by atoms with Gasteiger partial charge in [-0.05, 0) is 49.4 Å². The number of nitrogens with one attached hydrogen (secondary N) is 1. The van der Waals surface area contributed by atoms with Gasteiger partial charge in [0.05, 0.1) is 7.11 Å². The Morgan fingerprint density at radius 1 is 1.00 bits per heavy atom. The van der Waals surface area contributed by atoms with E-state index in [1.54, 1.807) is 7.11 Å². The van der Waals surface area contributed by atoms with Crippen molar-refractivity contribution in [3.8, 4) is 5.75 Å². The minimum absolute atomic E-state index is 0.485. The van der Waals surface area contributed by atoms with Crippen LogP contribution in [0.1, 0.15) is 22.3 Å². The lowest BCUT2D eigenvalue weighted by molar-refractivity contribution is 0.409. The maximum Gasteiger partial charge on any atom is 0.126 e. The molecule has 1 aliphatic rings. The molecule has 2 aromatic carbocycles. The van der Waals surface area contributed by atoms with Crippen LogP contribution in [-0.4, -0.2) is 13.2 Å². The summed E-state index contributed by atoms with van der Waals surface area (Å²) in [6.07, 6.45) is 2.21. The van der Waals surface area contributed by atoms with Crippen molar-refractivity contribution in [1.82, 2.24) is 0 Å². The first-order valence-corrected chi connectivity index (χ1v) is 7.16.